The summed E-state index contributed by atoms with van der Waals surface area (Å²) in [6.07, 6.45) is 1.90. The van der Waals surface area contributed by atoms with Crippen molar-refractivity contribution in [1.82, 2.24) is 0 Å². The highest BCUT2D eigenvalue weighted by atomic mass is 16.4. The predicted molar refractivity (Wildman–Crippen MR) is 51.4 cm³/mol. The summed E-state index contributed by atoms with van der Waals surface area (Å²) in [4.78, 5) is 10.7. The second-order valence-corrected chi connectivity index (χ2v) is 3.82. The summed E-state index contributed by atoms with van der Waals surface area (Å²) < 4.78 is 0. The number of carbonyl (C=O) groups is 1. The molecule has 0 unspecified atom stereocenters. The summed E-state index contributed by atoms with van der Waals surface area (Å²) in [6, 6.07) is 6.84. The fourth-order valence-electron chi connectivity index (χ4n) is 1.67. The first-order chi connectivity index (χ1) is 6.68. The largest absolute Gasteiger partial charge is 0.478 e. The van der Waals surface area contributed by atoms with Crippen LogP contribution >= 0.6 is 0 Å². The van der Waals surface area contributed by atoms with Crippen molar-refractivity contribution in [1.29, 1.82) is 0 Å². The van der Waals surface area contributed by atoms with E-state index >= 15 is 0 Å². The number of benzene rings is 1. The summed E-state index contributed by atoms with van der Waals surface area (Å²) in [5.41, 5.74) is 1.09. The molecule has 0 aliphatic heterocycles. The van der Waals surface area contributed by atoms with Crippen LogP contribution in [0.15, 0.2) is 24.3 Å². The summed E-state index contributed by atoms with van der Waals surface area (Å²) in [6.45, 7) is 0.107. The van der Waals surface area contributed by atoms with Gasteiger partial charge in [0.05, 0.1) is 12.2 Å². The topological polar surface area (TPSA) is 57.5 Å². The predicted octanol–water partition coefficient (Wildman–Crippen LogP) is 1.41. The number of carboxylic acid groups (broad SMARTS) is 1. The molecule has 2 rings (SSSR count). The minimum absolute atomic E-state index is 0.107. The number of hydrogen-bond donors (Lipinski definition) is 2. The van der Waals surface area contributed by atoms with Gasteiger partial charge < -0.3 is 10.2 Å². The third-order valence-corrected chi connectivity index (χ3v) is 2.88. The van der Waals surface area contributed by atoms with E-state index in [9.17, 15) is 9.90 Å². The van der Waals surface area contributed by atoms with Crippen molar-refractivity contribution in [2.24, 2.45) is 0 Å². The lowest BCUT2D eigenvalue weighted by atomic mass is 9.95. The lowest BCUT2D eigenvalue weighted by Crippen LogP contribution is -2.12. The molecule has 3 heteroatoms. The minimum atomic E-state index is -0.916. The fourth-order valence-corrected chi connectivity index (χ4v) is 1.67. The van der Waals surface area contributed by atoms with Crippen molar-refractivity contribution in [3.63, 3.8) is 0 Å². The van der Waals surface area contributed by atoms with E-state index in [0.29, 0.717) is 5.56 Å². The maximum atomic E-state index is 10.7. The highest BCUT2D eigenvalue weighted by Crippen LogP contribution is 2.47. The summed E-state index contributed by atoms with van der Waals surface area (Å²) in [5, 5.41) is 18.0. The Hall–Kier alpha value is -1.35. The van der Waals surface area contributed by atoms with Gasteiger partial charge in [0.15, 0.2) is 0 Å². The van der Waals surface area contributed by atoms with Gasteiger partial charge in [-0.2, -0.15) is 0 Å². The fraction of sp³-hybridized carbons (Fsp3) is 0.364. The average Bonchev–Trinajstić information content (AvgIpc) is 2.98. The molecule has 0 atom stereocenters. The van der Waals surface area contributed by atoms with E-state index in [1.165, 1.54) is 0 Å². The molecule has 0 aromatic heterocycles. The maximum absolute atomic E-state index is 10.7. The van der Waals surface area contributed by atoms with Crippen LogP contribution in [0.2, 0.25) is 0 Å². The van der Waals surface area contributed by atoms with Crippen LogP contribution in [0.1, 0.15) is 28.8 Å². The van der Waals surface area contributed by atoms with Crippen LogP contribution in [0, 0.1) is 0 Å². The van der Waals surface area contributed by atoms with Crippen LogP contribution in [-0.4, -0.2) is 22.8 Å². The molecule has 2 N–H and O–H groups in total. The van der Waals surface area contributed by atoms with Crippen LogP contribution in [0.25, 0.3) is 0 Å². The van der Waals surface area contributed by atoms with Gasteiger partial charge in [-0.05, 0) is 30.5 Å². The van der Waals surface area contributed by atoms with E-state index in [2.05, 4.69) is 0 Å². The second kappa shape index (κ2) is 3.10. The van der Waals surface area contributed by atoms with Crippen LogP contribution < -0.4 is 0 Å². The zero-order valence-corrected chi connectivity index (χ0v) is 7.73. The molecule has 0 amide bonds. The Morgan fingerprint density at radius 2 is 2.14 bits per heavy atom. The number of aromatic carboxylic acids is 1. The van der Waals surface area contributed by atoms with Crippen molar-refractivity contribution in [3.05, 3.63) is 35.4 Å². The van der Waals surface area contributed by atoms with Gasteiger partial charge >= 0.3 is 5.97 Å². The molecule has 0 spiro atoms. The Balaban J connectivity index is 2.36. The SMILES string of the molecule is O=C(O)c1cccc(C2(CO)CC2)c1. The van der Waals surface area contributed by atoms with Gasteiger partial charge in [0.2, 0.25) is 0 Å². The van der Waals surface area contributed by atoms with Gasteiger partial charge in [0.25, 0.3) is 0 Å². The lowest BCUT2D eigenvalue weighted by molar-refractivity contribution is 0.0696. The van der Waals surface area contributed by atoms with Gasteiger partial charge in [-0.25, -0.2) is 4.79 Å². The van der Waals surface area contributed by atoms with Crippen molar-refractivity contribution in [3.8, 4) is 0 Å². The molecule has 0 bridgehead atoms. The van der Waals surface area contributed by atoms with E-state index < -0.39 is 5.97 Å². The van der Waals surface area contributed by atoms with Crippen molar-refractivity contribution >= 4 is 5.97 Å². The van der Waals surface area contributed by atoms with E-state index in [4.69, 9.17) is 5.11 Å². The Labute approximate surface area is 82.0 Å². The van der Waals surface area contributed by atoms with Gasteiger partial charge in [-0.3, -0.25) is 0 Å². The molecule has 0 heterocycles. The monoisotopic (exact) mass is 192 g/mol. The molecule has 1 aliphatic rings. The minimum Gasteiger partial charge on any atom is -0.478 e. The molecule has 0 radical (unpaired) electrons. The molecule has 74 valence electrons. The first kappa shape index (κ1) is 9.21. The maximum Gasteiger partial charge on any atom is 0.335 e. The molecule has 1 fully saturated rings. The zero-order valence-electron chi connectivity index (χ0n) is 7.73. The number of rotatable bonds is 3. The average molecular weight is 192 g/mol. The molecule has 3 nitrogen and oxygen atoms in total. The highest BCUT2D eigenvalue weighted by Gasteiger charge is 2.43. The third kappa shape index (κ3) is 1.40. The summed E-state index contributed by atoms with van der Waals surface area (Å²) >= 11 is 0. The molecule has 0 saturated heterocycles. The van der Waals surface area contributed by atoms with Crippen LogP contribution in [0.3, 0.4) is 0 Å². The molecule has 14 heavy (non-hydrogen) atoms. The van der Waals surface area contributed by atoms with Crippen molar-refractivity contribution < 1.29 is 15.0 Å². The smallest absolute Gasteiger partial charge is 0.335 e. The number of hydrogen-bond acceptors (Lipinski definition) is 2. The van der Waals surface area contributed by atoms with Crippen molar-refractivity contribution in [2.75, 3.05) is 6.61 Å². The van der Waals surface area contributed by atoms with Gasteiger partial charge in [0, 0.05) is 5.41 Å². The molecular formula is C11H12O3. The molecule has 1 aromatic rings. The number of aliphatic hydroxyl groups is 1. The highest BCUT2D eigenvalue weighted by molar-refractivity contribution is 5.87. The zero-order chi connectivity index (χ0) is 10.2. The van der Waals surface area contributed by atoms with E-state index in [1.54, 1.807) is 18.2 Å². The van der Waals surface area contributed by atoms with Crippen LogP contribution in [0.4, 0.5) is 0 Å². The Morgan fingerprint density at radius 1 is 1.43 bits per heavy atom. The standard InChI is InChI=1S/C11H12O3/c12-7-11(4-5-11)9-3-1-2-8(6-9)10(13)14/h1-3,6,12H,4-5,7H2,(H,13,14). The molecule has 1 aliphatic carbocycles. The van der Waals surface area contributed by atoms with Gasteiger partial charge in [-0.15, -0.1) is 0 Å². The number of carboxylic acids is 1. The van der Waals surface area contributed by atoms with Gasteiger partial charge in [0.1, 0.15) is 0 Å². The first-order valence-corrected chi connectivity index (χ1v) is 4.63. The number of aliphatic hydroxyl groups excluding tert-OH is 1. The molecule has 1 saturated carbocycles. The third-order valence-electron chi connectivity index (χ3n) is 2.88. The molecular weight excluding hydrogens is 180 g/mol. The Morgan fingerprint density at radius 3 is 2.64 bits per heavy atom. The Bertz CT molecular complexity index is 367. The quantitative estimate of drug-likeness (QED) is 0.761. The lowest BCUT2D eigenvalue weighted by Gasteiger charge is -2.12. The van der Waals surface area contributed by atoms with Crippen LogP contribution in [-0.2, 0) is 5.41 Å². The van der Waals surface area contributed by atoms with E-state index in [0.717, 1.165) is 18.4 Å². The van der Waals surface area contributed by atoms with Gasteiger partial charge in [-0.1, -0.05) is 12.1 Å². The normalized spacial score (nSPS) is 17.8. The second-order valence-electron chi connectivity index (χ2n) is 3.82. The summed E-state index contributed by atoms with van der Waals surface area (Å²) in [5.74, 6) is -0.916. The van der Waals surface area contributed by atoms with E-state index in [-0.39, 0.29) is 12.0 Å². The molecule has 1 aromatic carbocycles. The Kier molecular flexibility index (Phi) is 2.04. The first-order valence-electron chi connectivity index (χ1n) is 4.63. The van der Waals surface area contributed by atoms with E-state index in [1.807, 2.05) is 6.07 Å². The van der Waals surface area contributed by atoms with Crippen LogP contribution in [0.5, 0.6) is 0 Å². The summed E-state index contributed by atoms with van der Waals surface area (Å²) in [7, 11) is 0. The van der Waals surface area contributed by atoms with Crippen molar-refractivity contribution in [2.45, 2.75) is 18.3 Å².